The molecule has 5 N–H and O–H groups in total. The standard InChI is InChI=1S/C21H29N5O/c1-4-25-20-18(14(2)22)26-19(21(23,24-3)27-20)17-12-10-16(11-13-17)15-8-6-5-7-9-15/h4,10-13,15,24H,1,5-9,22-23H2,2-3H3/b18-14-,25-20?. The highest BCUT2D eigenvalue weighted by Crippen LogP contribution is 2.33. The number of hydrogen-bond donors (Lipinski definition) is 3. The van der Waals surface area contributed by atoms with Gasteiger partial charge in [0, 0.05) is 17.5 Å². The summed E-state index contributed by atoms with van der Waals surface area (Å²) in [6.07, 6.45) is 7.89. The average molecular weight is 367 g/mol. The van der Waals surface area contributed by atoms with E-state index in [1.54, 1.807) is 14.0 Å². The fraction of sp³-hybridized carbons (Fsp3) is 0.429. The smallest absolute Gasteiger partial charge is 0.261 e. The van der Waals surface area contributed by atoms with Gasteiger partial charge in [0.1, 0.15) is 11.4 Å². The van der Waals surface area contributed by atoms with Gasteiger partial charge in [0.2, 0.25) is 5.90 Å². The molecule has 0 amide bonds. The fourth-order valence-corrected chi connectivity index (χ4v) is 3.72. The van der Waals surface area contributed by atoms with Crippen LogP contribution in [0.1, 0.15) is 56.1 Å². The quantitative estimate of drug-likeness (QED) is 0.712. The van der Waals surface area contributed by atoms with E-state index in [0.717, 1.165) is 5.56 Å². The molecule has 1 aromatic carbocycles. The van der Waals surface area contributed by atoms with Crippen molar-refractivity contribution in [2.75, 3.05) is 7.05 Å². The van der Waals surface area contributed by atoms with Crippen molar-refractivity contribution in [2.45, 2.75) is 50.8 Å². The van der Waals surface area contributed by atoms with E-state index in [9.17, 15) is 0 Å². The van der Waals surface area contributed by atoms with Crippen LogP contribution in [0.5, 0.6) is 0 Å². The van der Waals surface area contributed by atoms with Gasteiger partial charge >= 0.3 is 0 Å². The molecule has 2 aliphatic rings. The summed E-state index contributed by atoms with van der Waals surface area (Å²) >= 11 is 0. The van der Waals surface area contributed by atoms with Crippen LogP contribution in [-0.2, 0) is 4.74 Å². The molecule has 0 aromatic heterocycles. The number of nitrogens with one attached hydrogen (secondary N) is 1. The molecule has 0 saturated heterocycles. The van der Waals surface area contributed by atoms with E-state index in [0.29, 0.717) is 23.0 Å². The third kappa shape index (κ3) is 3.96. The molecular formula is C21H29N5O. The van der Waals surface area contributed by atoms with Gasteiger partial charge in [0.25, 0.3) is 5.85 Å². The van der Waals surface area contributed by atoms with E-state index < -0.39 is 5.85 Å². The first kappa shape index (κ1) is 19.3. The van der Waals surface area contributed by atoms with Crippen molar-refractivity contribution in [1.82, 2.24) is 5.32 Å². The third-order valence-electron chi connectivity index (χ3n) is 5.25. The molecule has 1 fully saturated rings. The van der Waals surface area contributed by atoms with Crippen molar-refractivity contribution in [3.63, 3.8) is 0 Å². The number of allylic oxidation sites excluding steroid dienone is 1. The Morgan fingerprint density at radius 3 is 2.52 bits per heavy atom. The molecule has 1 heterocycles. The number of aliphatic imine (C=N–C) groups is 2. The van der Waals surface area contributed by atoms with E-state index in [-0.39, 0.29) is 5.90 Å². The summed E-state index contributed by atoms with van der Waals surface area (Å²) in [4.78, 5) is 8.82. The molecule has 1 aromatic rings. The van der Waals surface area contributed by atoms with Crippen LogP contribution in [0.2, 0.25) is 0 Å². The van der Waals surface area contributed by atoms with Gasteiger partial charge in [0.15, 0.2) is 0 Å². The highest BCUT2D eigenvalue weighted by Gasteiger charge is 2.40. The molecule has 144 valence electrons. The minimum Gasteiger partial charge on any atom is -0.435 e. The molecule has 1 saturated carbocycles. The largest absolute Gasteiger partial charge is 0.435 e. The van der Waals surface area contributed by atoms with Crippen LogP contribution in [0.25, 0.3) is 0 Å². The zero-order chi connectivity index (χ0) is 19.4. The SMILES string of the molecule is C=CN=C1OC(N)(NC)C(c2ccc(C3CCCCC3)cc2)=N/C1=C(/C)N. The van der Waals surface area contributed by atoms with Crippen LogP contribution in [0, 0.1) is 0 Å². The summed E-state index contributed by atoms with van der Waals surface area (Å²) < 4.78 is 5.93. The van der Waals surface area contributed by atoms with Gasteiger partial charge < -0.3 is 10.5 Å². The zero-order valence-corrected chi connectivity index (χ0v) is 16.2. The Balaban J connectivity index is 1.99. The summed E-state index contributed by atoms with van der Waals surface area (Å²) in [7, 11) is 1.72. The normalized spacial score (nSPS) is 27.1. The first-order valence-electron chi connectivity index (χ1n) is 9.50. The maximum atomic E-state index is 6.46. The van der Waals surface area contributed by atoms with Crippen LogP contribution in [0.15, 0.2) is 58.4 Å². The second-order valence-electron chi connectivity index (χ2n) is 7.15. The third-order valence-corrected chi connectivity index (χ3v) is 5.25. The van der Waals surface area contributed by atoms with Crippen LogP contribution in [-0.4, -0.2) is 24.5 Å². The predicted molar refractivity (Wildman–Crippen MR) is 110 cm³/mol. The number of benzene rings is 1. The van der Waals surface area contributed by atoms with Crippen molar-refractivity contribution in [3.8, 4) is 0 Å². The Morgan fingerprint density at radius 1 is 1.30 bits per heavy atom. The van der Waals surface area contributed by atoms with Crippen LogP contribution in [0.3, 0.4) is 0 Å². The first-order valence-corrected chi connectivity index (χ1v) is 9.50. The first-order chi connectivity index (χ1) is 13.0. The molecule has 0 spiro atoms. The Labute approximate surface area is 161 Å². The van der Waals surface area contributed by atoms with Crippen molar-refractivity contribution >= 4 is 11.6 Å². The molecular weight excluding hydrogens is 338 g/mol. The summed E-state index contributed by atoms with van der Waals surface area (Å²) in [5.74, 6) is -0.394. The maximum Gasteiger partial charge on any atom is 0.261 e. The Hall–Kier alpha value is -2.44. The Bertz CT molecular complexity index is 783. The molecule has 1 aliphatic carbocycles. The van der Waals surface area contributed by atoms with Crippen LogP contribution < -0.4 is 16.8 Å². The zero-order valence-electron chi connectivity index (χ0n) is 16.2. The van der Waals surface area contributed by atoms with Gasteiger partial charge in [-0.3, -0.25) is 11.1 Å². The van der Waals surface area contributed by atoms with E-state index in [4.69, 9.17) is 21.2 Å². The number of nitrogens with two attached hydrogens (primary N) is 2. The number of rotatable bonds is 4. The van der Waals surface area contributed by atoms with Gasteiger partial charge in [-0.15, -0.1) is 0 Å². The van der Waals surface area contributed by atoms with Crippen molar-refractivity contribution in [2.24, 2.45) is 21.5 Å². The van der Waals surface area contributed by atoms with Crippen molar-refractivity contribution in [3.05, 3.63) is 59.6 Å². The molecule has 27 heavy (non-hydrogen) atoms. The van der Waals surface area contributed by atoms with Gasteiger partial charge in [-0.1, -0.05) is 50.1 Å². The highest BCUT2D eigenvalue weighted by molar-refractivity contribution is 6.13. The topological polar surface area (TPSA) is 98.0 Å². The Morgan fingerprint density at radius 2 is 1.96 bits per heavy atom. The van der Waals surface area contributed by atoms with E-state index in [2.05, 4.69) is 41.2 Å². The maximum absolute atomic E-state index is 6.46. The molecule has 3 rings (SSSR count). The summed E-state index contributed by atoms with van der Waals surface area (Å²) in [6.45, 7) is 5.37. The fourth-order valence-electron chi connectivity index (χ4n) is 3.72. The minimum atomic E-state index is -1.30. The van der Waals surface area contributed by atoms with Gasteiger partial charge in [-0.05, 0) is 38.3 Å². The second kappa shape index (κ2) is 8.06. The lowest BCUT2D eigenvalue weighted by Crippen LogP contribution is -2.63. The Kier molecular flexibility index (Phi) is 5.77. The molecule has 6 heteroatoms. The average Bonchev–Trinajstić information content (AvgIpc) is 2.69. The predicted octanol–water partition coefficient (Wildman–Crippen LogP) is 3.12. The second-order valence-corrected chi connectivity index (χ2v) is 7.15. The highest BCUT2D eigenvalue weighted by atomic mass is 16.5. The molecule has 1 atom stereocenters. The monoisotopic (exact) mass is 367 g/mol. The lowest BCUT2D eigenvalue weighted by atomic mass is 9.83. The van der Waals surface area contributed by atoms with Gasteiger partial charge in [0.05, 0.1) is 0 Å². The molecule has 1 unspecified atom stereocenters. The molecule has 6 nitrogen and oxygen atoms in total. The van der Waals surface area contributed by atoms with Gasteiger partial charge in [-0.2, -0.15) is 0 Å². The van der Waals surface area contributed by atoms with Crippen molar-refractivity contribution < 1.29 is 4.74 Å². The van der Waals surface area contributed by atoms with Gasteiger partial charge in [-0.25, -0.2) is 9.98 Å². The lowest BCUT2D eigenvalue weighted by Gasteiger charge is -2.35. The number of likely N-dealkylation sites (N-methyl/N-ethyl adjacent to an activating group) is 1. The number of hydrogen-bond acceptors (Lipinski definition) is 6. The number of nitrogens with zero attached hydrogens (tertiary/aromatic N) is 2. The molecule has 1 aliphatic heterocycles. The molecule has 0 radical (unpaired) electrons. The minimum absolute atomic E-state index is 0.254. The number of ether oxygens (including phenoxy) is 1. The van der Waals surface area contributed by atoms with Crippen LogP contribution >= 0.6 is 0 Å². The summed E-state index contributed by atoms with van der Waals surface area (Å²) in [6, 6.07) is 8.47. The van der Waals surface area contributed by atoms with Crippen LogP contribution in [0.4, 0.5) is 0 Å². The summed E-state index contributed by atoms with van der Waals surface area (Å²) in [5.41, 5.74) is 16.3. The summed E-state index contributed by atoms with van der Waals surface area (Å²) in [5, 5.41) is 3.00. The van der Waals surface area contributed by atoms with E-state index >= 15 is 0 Å². The van der Waals surface area contributed by atoms with E-state index in [1.807, 2.05) is 0 Å². The molecule has 0 bridgehead atoms. The van der Waals surface area contributed by atoms with Crippen molar-refractivity contribution in [1.29, 1.82) is 0 Å². The van der Waals surface area contributed by atoms with E-state index in [1.165, 1.54) is 43.9 Å². The lowest BCUT2D eigenvalue weighted by molar-refractivity contribution is 0.102.